The van der Waals surface area contributed by atoms with Crippen molar-refractivity contribution < 1.29 is 14.6 Å². The van der Waals surface area contributed by atoms with Crippen LogP contribution in [-0.4, -0.2) is 48.9 Å². The Morgan fingerprint density at radius 1 is 1.19 bits per heavy atom. The van der Waals surface area contributed by atoms with E-state index in [9.17, 15) is 9.90 Å². The fraction of sp³-hybridized carbons (Fsp3) is 0.562. The number of aliphatic hydroxyl groups is 1. The first-order valence-electron chi connectivity index (χ1n) is 7.60. The number of amides is 1. The zero-order valence-electron chi connectivity index (χ0n) is 12.8. The summed E-state index contributed by atoms with van der Waals surface area (Å²) in [4.78, 5) is 15.6. The number of rotatable bonds is 4. The number of benzene rings is 1. The van der Waals surface area contributed by atoms with E-state index < -0.39 is 0 Å². The maximum Gasteiger partial charge on any atom is 0.409 e. The Balaban J connectivity index is 1.91. The molecule has 1 aromatic rings. The molecule has 1 heterocycles. The number of ether oxygens (including phenoxy) is 1. The van der Waals surface area contributed by atoms with Crippen LogP contribution < -0.4 is 4.90 Å². The maximum absolute atomic E-state index is 11.7. The highest BCUT2D eigenvalue weighted by Gasteiger charge is 2.22. The first-order valence-corrected chi connectivity index (χ1v) is 7.60. The lowest BCUT2D eigenvalue weighted by Gasteiger charge is -2.35. The van der Waals surface area contributed by atoms with Gasteiger partial charge in [0.1, 0.15) is 0 Å². The standard InChI is InChI=1S/C16H24N2O3/c1-3-15(19)13-5-7-14(8-6-13)17-9-11-18(12-10-17)16(20)21-4-2/h5-8,15,19H,3-4,9-12H2,1-2H3. The minimum absolute atomic E-state index is 0.224. The molecule has 1 amide bonds. The van der Waals surface area contributed by atoms with Gasteiger partial charge < -0.3 is 19.6 Å². The molecule has 0 bridgehead atoms. The third-order valence-electron chi connectivity index (χ3n) is 3.84. The van der Waals surface area contributed by atoms with Gasteiger partial charge in [-0.3, -0.25) is 0 Å². The highest BCUT2D eigenvalue weighted by Crippen LogP contribution is 2.22. The summed E-state index contributed by atoms with van der Waals surface area (Å²) in [6.07, 6.45) is 0.107. The van der Waals surface area contributed by atoms with Crippen molar-refractivity contribution >= 4 is 11.8 Å². The van der Waals surface area contributed by atoms with Crippen molar-refractivity contribution in [1.82, 2.24) is 4.90 Å². The normalized spacial score (nSPS) is 16.7. The Morgan fingerprint density at radius 3 is 2.33 bits per heavy atom. The van der Waals surface area contributed by atoms with Gasteiger partial charge in [0.15, 0.2) is 0 Å². The lowest BCUT2D eigenvalue weighted by Crippen LogP contribution is -2.49. The molecule has 0 aromatic heterocycles. The lowest BCUT2D eigenvalue weighted by molar-refractivity contribution is 0.105. The third-order valence-corrected chi connectivity index (χ3v) is 3.84. The minimum Gasteiger partial charge on any atom is -0.450 e. The SMILES string of the molecule is CCOC(=O)N1CCN(c2ccc(C(O)CC)cc2)CC1. The van der Waals surface area contributed by atoms with Gasteiger partial charge in [-0.05, 0) is 31.0 Å². The highest BCUT2D eigenvalue weighted by molar-refractivity contribution is 5.68. The number of hydrogen-bond donors (Lipinski definition) is 1. The molecule has 2 rings (SSSR count). The summed E-state index contributed by atoms with van der Waals surface area (Å²) in [5, 5.41) is 9.81. The molecule has 0 radical (unpaired) electrons. The van der Waals surface area contributed by atoms with E-state index in [4.69, 9.17) is 4.74 Å². The number of carbonyl (C=O) groups excluding carboxylic acids is 1. The summed E-state index contributed by atoms with van der Waals surface area (Å²) in [5.74, 6) is 0. The van der Waals surface area contributed by atoms with Crippen molar-refractivity contribution in [3.8, 4) is 0 Å². The molecule has 1 aliphatic heterocycles. The van der Waals surface area contributed by atoms with Crippen LogP contribution in [-0.2, 0) is 4.74 Å². The molecule has 1 fully saturated rings. The lowest BCUT2D eigenvalue weighted by atomic mass is 10.1. The first-order chi connectivity index (χ1) is 10.2. The molecule has 1 N–H and O–H groups in total. The highest BCUT2D eigenvalue weighted by atomic mass is 16.6. The Kier molecular flexibility index (Phi) is 5.44. The van der Waals surface area contributed by atoms with E-state index in [2.05, 4.69) is 4.90 Å². The summed E-state index contributed by atoms with van der Waals surface area (Å²) in [6.45, 7) is 7.16. The number of aliphatic hydroxyl groups excluding tert-OH is 1. The van der Waals surface area contributed by atoms with E-state index in [1.807, 2.05) is 38.1 Å². The van der Waals surface area contributed by atoms with Gasteiger partial charge in [0.25, 0.3) is 0 Å². The van der Waals surface area contributed by atoms with Gasteiger partial charge in [-0.15, -0.1) is 0 Å². The second kappa shape index (κ2) is 7.31. The van der Waals surface area contributed by atoms with E-state index in [1.54, 1.807) is 4.90 Å². The van der Waals surface area contributed by atoms with Crippen LogP contribution in [0.15, 0.2) is 24.3 Å². The summed E-state index contributed by atoms with van der Waals surface area (Å²) >= 11 is 0. The van der Waals surface area contributed by atoms with Crippen molar-refractivity contribution in [2.24, 2.45) is 0 Å². The monoisotopic (exact) mass is 292 g/mol. The van der Waals surface area contributed by atoms with Crippen LogP contribution >= 0.6 is 0 Å². The van der Waals surface area contributed by atoms with E-state index in [-0.39, 0.29) is 12.2 Å². The number of carbonyl (C=O) groups is 1. The summed E-state index contributed by atoms with van der Waals surface area (Å²) in [5.41, 5.74) is 2.08. The van der Waals surface area contributed by atoms with Crippen LogP contribution in [0.1, 0.15) is 31.9 Å². The zero-order valence-corrected chi connectivity index (χ0v) is 12.8. The quantitative estimate of drug-likeness (QED) is 0.926. The third kappa shape index (κ3) is 3.88. The van der Waals surface area contributed by atoms with E-state index in [0.29, 0.717) is 19.7 Å². The van der Waals surface area contributed by atoms with E-state index in [1.165, 1.54) is 0 Å². The summed E-state index contributed by atoms with van der Waals surface area (Å²) in [7, 11) is 0. The molecule has 1 unspecified atom stereocenters. The van der Waals surface area contributed by atoms with Gasteiger partial charge in [0.2, 0.25) is 0 Å². The molecule has 0 spiro atoms. The maximum atomic E-state index is 11.7. The number of piperazine rings is 1. The topological polar surface area (TPSA) is 53.0 Å². The Morgan fingerprint density at radius 2 is 1.81 bits per heavy atom. The molecule has 1 atom stereocenters. The molecular weight excluding hydrogens is 268 g/mol. The van der Waals surface area contributed by atoms with Crippen LogP contribution in [0.5, 0.6) is 0 Å². The fourth-order valence-corrected chi connectivity index (χ4v) is 2.50. The van der Waals surface area contributed by atoms with Gasteiger partial charge in [-0.1, -0.05) is 19.1 Å². The molecule has 21 heavy (non-hydrogen) atoms. The average molecular weight is 292 g/mol. The average Bonchev–Trinajstić information content (AvgIpc) is 2.54. The predicted octanol–water partition coefficient (Wildman–Crippen LogP) is 2.41. The van der Waals surface area contributed by atoms with Crippen molar-refractivity contribution in [2.45, 2.75) is 26.4 Å². The van der Waals surface area contributed by atoms with Gasteiger partial charge in [0.05, 0.1) is 12.7 Å². The van der Waals surface area contributed by atoms with Crippen LogP contribution in [0.3, 0.4) is 0 Å². The van der Waals surface area contributed by atoms with Crippen molar-refractivity contribution in [1.29, 1.82) is 0 Å². The van der Waals surface area contributed by atoms with Gasteiger partial charge in [0, 0.05) is 31.9 Å². The van der Waals surface area contributed by atoms with E-state index in [0.717, 1.165) is 30.8 Å². The van der Waals surface area contributed by atoms with Crippen molar-refractivity contribution in [3.63, 3.8) is 0 Å². The molecule has 5 nitrogen and oxygen atoms in total. The second-order valence-electron chi connectivity index (χ2n) is 5.19. The Hall–Kier alpha value is -1.75. The summed E-state index contributed by atoms with van der Waals surface area (Å²) in [6, 6.07) is 8.02. The molecule has 1 aliphatic rings. The Labute approximate surface area is 126 Å². The van der Waals surface area contributed by atoms with Gasteiger partial charge >= 0.3 is 6.09 Å². The smallest absolute Gasteiger partial charge is 0.409 e. The van der Waals surface area contributed by atoms with E-state index >= 15 is 0 Å². The van der Waals surface area contributed by atoms with Gasteiger partial charge in [-0.2, -0.15) is 0 Å². The van der Waals surface area contributed by atoms with Crippen LogP contribution in [0.4, 0.5) is 10.5 Å². The zero-order chi connectivity index (χ0) is 15.2. The molecule has 116 valence electrons. The van der Waals surface area contributed by atoms with Crippen LogP contribution in [0.2, 0.25) is 0 Å². The number of nitrogens with zero attached hydrogens (tertiary/aromatic N) is 2. The molecular formula is C16H24N2O3. The molecule has 1 aromatic carbocycles. The summed E-state index contributed by atoms with van der Waals surface area (Å²) < 4.78 is 5.02. The number of hydrogen-bond acceptors (Lipinski definition) is 4. The number of anilines is 1. The van der Waals surface area contributed by atoms with Crippen molar-refractivity contribution in [2.75, 3.05) is 37.7 Å². The largest absolute Gasteiger partial charge is 0.450 e. The fourth-order valence-electron chi connectivity index (χ4n) is 2.50. The molecule has 5 heteroatoms. The van der Waals surface area contributed by atoms with Crippen molar-refractivity contribution in [3.05, 3.63) is 29.8 Å². The first kappa shape index (κ1) is 15.6. The predicted molar refractivity (Wildman–Crippen MR) is 82.5 cm³/mol. The molecule has 0 aliphatic carbocycles. The van der Waals surface area contributed by atoms with Gasteiger partial charge in [-0.25, -0.2) is 4.79 Å². The van der Waals surface area contributed by atoms with Crippen LogP contribution in [0, 0.1) is 0 Å². The molecule has 1 saturated heterocycles. The second-order valence-corrected chi connectivity index (χ2v) is 5.19. The minimum atomic E-state index is -0.389. The van der Waals surface area contributed by atoms with Crippen LogP contribution in [0.25, 0.3) is 0 Å². The molecule has 0 saturated carbocycles. The Bertz CT molecular complexity index is 453.